The Morgan fingerprint density at radius 1 is 1.03 bits per heavy atom. The summed E-state index contributed by atoms with van der Waals surface area (Å²) in [6.07, 6.45) is 0. The lowest BCUT2D eigenvalue weighted by Gasteiger charge is -2.10. The van der Waals surface area contributed by atoms with Crippen molar-refractivity contribution in [3.63, 3.8) is 0 Å². The predicted octanol–water partition coefficient (Wildman–Crippen LogP) is 3.18. The zero-order valence-electron chi connectivity index (χ0n) is 16.2. The molecule has 0 unspecified atom stereocenters. The smallest absolute Gasteiger partial charge is 0.396 e. The number of aromatic nitrogens is 1. The number of hydrogen-bond donors (Lipinski definition) is 1. The second kappa shape index (κ2) is 8.27. The highest BCUT2D eigenvalue weighted by Crippen LogP contribution is 2.42. The molecule has 0 spiro atoms. The number of ether oxygens (including phenoxy) is 3. The molecule has 1 N–H and O–H groups in total. The quantitative estimate of drug-likeness (QED) is 0.516. The number of hydrogen-bond acceptors (Lipinski definition) is 8. The normalized spacial score (nSPS) is 10.5. The van der Waals surface area contributed by atoms with E-state index >= 15 is 0 Å². The Bertz CT molecular complexity index is 1100. The van der Waals surface area contributed by atoms with Gasteiger partial charge in [-0.05, 0) is 36.2 Å². The number of esters is 2. The maximum Gasteiger partial charge on any atom is 0.396 e. The van der Waals surface area contributed by atoms with Crippen LogP contribution in [-0.4, -0.2) is 44.2 Å². The predicted molar refractivity (Wildman–Crippen MR) is 108 cm³/mol. The Kier molecular flexibility index (Phi) is 5.79. The summed E-state index contributed by atoms with van der Waals surface area (Å²) in [4.78, 5) is 41.3. The average molecular weight is 414 g/mol. The molecule has 3 aromatic rings. The molecular weight excluding hydrogens is 396 g/mol. The number of aryl methyl sites for hydroxylation is 1. The van der Waals surface area contributed by atoms with Crippen LogP contribution >= 0.6 is 11.3 Å². The fourth-order valence-electron chi connectivity index (χ4n) is 2.83. The van der Waals surface area contributed by atoms with Crippen LogP contribution in [0.2, 0.25) is 0 Å². The third kappa shape index (κ3) is 3.90. The second-order valence-corrected chi connectivity index (χ2v) is 6.96. The van der Waals surface area contributed by atoms with Crippen molar-refractivity contribution in [2.75, 3.05) is 26.6 Å². The van der Waals surface area contributed by atoms with E-state index in [0.717, 1.165) is 35.3 Å². The van der Waals surface area contributed by atoms with Gasteiger partial charge in [-0.2, -0.15) is 0 Å². The summed E-state index contributed by atoms with van der Waals surface area (Å²) in [5, 5.41) is 3.01. The highest BCUT2D eigenvalue weighted by Gasteiger charge is 2.26. The third-order valence-corrected chi connectivity index (χ3v) is 5.23. The van der Waals surface area contributed by atoms with E-state index in [1.807, 2.05) is 25.1 Å². The van der Waals surface area contributed by atoms with Crippen LogP contribution in [0, 0.1) is 6.92 Å². The Morgan fingerprint density at radius 2 is 1.72 bits per heavy atom. The number of thiophene rings is 1. The Morgan fingerprint density at radius 3 is 2.31 bits per heavy atom. The standard InChI is InChI=1S/C20H18N2O6S/c1-10-9-13(11-5-7-12(26-2)8-6-11)14-15(22-17(23)20(25)28-4)16(19(24)27-3)29-18(14)21-10/h5-9H,1-4H3,(H,22,23). The first-order chi connectivity index (χ1) is 13.9. The van der Waals surface area contributed by atoms with Crippen LogP contribution in [0.5, 0.6) is 5.75 Å². The molecule has 0 aliphatic carbocycles. The van der Waals surface area contributed by atoms with E-state index in [-0.39, 0.29) is 10.6 Å². The van der Waals surface area contributed by atoms with Crippen LogP contribution < -0.4 is 10.1 Å². The number of carbonyl (C=O) groups excluding carboxylic acids is 3. The van der Waals surface area contributed by atoms with Gasteiger partial charge in [-0.1, -0.05) is 12.1 Å². The van der Waals surface area contributed by atoms with Gasteiger partial charge >= 0.3 is 17.8 Å². The van der Waals surface area contributed by atoms with Gasteiger partial charge in [0.1, 0.15) is 15.5 Å². The number of carbonyl (C=O) groups is 3. The number of benzene rings is 1. The number of anilines is 1. The van der Waals surface area contributed by atoms with Gasteiger partial charge in [0.2, 0.25) is 0 Å². The highest BCUT2D eigenvalue weighted by molar-refractivity contribution is 7.21. The monoisotopic (exact) mass is 414 g/mol. The van der Waals surface area contributed by atoms with Crippen molar-refractivity contribution in [3.8, 4) is 16.9 Å². The van der Waals surface area contributed by atoms with Gasteiger partial charge in [0.15, 0.2) is 0 Å². The maximum absolute atomic E-state index is 12.3. The molecule has 150 valence electrons. The molecule has 29 heavy (non-hydrogen) atoms. The molecule has 0 bridgehead atoms. The number of fused-ring (bicyclic) bond motifs is 1. The molecule has 2 aromatic heterocycles. The van der Waals surface area contributed by atoms with Crippen molar-refractivity contribution in [2.45, 2.75) is 6.92 Å². The molecule has 1 aromatic carbocycles. The summed E-state index contributed by atoms with van der Waals surface area (Å²) in [5.41, 5.74) is 2.45. The second-order valence-electron chi connectivity index (χ2n) is 5.96. The van der Waals surface area contributed by atoms with Gasteiger partial charge in [-0.3, -0.25) is 4.79 Å². The summed E-state index contributed by atoms with van der Waals surface area (Å²) >= 11 is 1.07. The zero-order valence-corrected chi connectivity index (χ0v) is 17.0. The van der Waals surface area contributed by atoms with Gasteiger partial charge in [-0.25, -0.2) is 14.6 Å². The lowest BCUT2D eigenvalue weighted by molar-refractivity contribution is -0.150. The molecule has 0 aliphatic heterocycles. The van der Waals surface area contributed by atoms with Crippen molar-refractivity contribution in [1.29, 1.82) is 0 Å². The lowest BCUT2D eigenvalue weighted by Crippen LogP contribution is -2.24. The molecule has 0 aliphatic rings. The summed E-state index contributed by atoms with van der Waals surface area (Å²) < 4.78 is 14.5. The molecule has 0 saturated heterocycles. The largest absolute Gasteiger partial charge is 0.497 e. The van der Waals surface area contributed by atoms with Crippen LogP contribution in [0.4, 0.5) is 5.69 Å². The van der Waals surface area contributed by atoms with Gasteiger partial charge in [0.25, 0.3) is 0 Å². The van der Waals surface area contributed by atoms with E-state index < -0.39 is 17.8 Å². The minimum atomic E-state index is -1.08. The Labute approximate surface area is 170 Å². The van der Waals surface area contributed by atoms with Crippen LogP contribution in [-0.2, 0) is 19.1 Å². The summed E-state index contributed by atoms with van der Waals surface area (Å²) in [7, 11) is 3.91. The summed E-state index contributed by atoms with van der Waals surface area (Å²) in [6, 6.07) is 9.16. The first-order valence-electron chi connectivity index (χ1n) is 8.45. The molecule has 9 heteroatoms. The van der Waals surface area contributed by atoms with E-state index in [0.29, 0.717) is 16.0 Å². The number of pyridine rings is 1. The average Bonchev–Trinajstić information content (AvgIpc) is 3.09. The van der Waals surface area contributed by atoms with Crippen molar-refractivity contribution >= 4 is 45.1 Å². The van der Waals surface area contributed by atoms with Crippen molar-refractivity contribution < 1.29 is 28.6 Å². The fourth-order valence-corrected chi connectivity index (χ4v) is 3.95. The first-order valence-corrected chi connectivity index (χ1v) is 9.27. The molecule has 0 fully saturated rings. The van der Waals surface area contributed by atoms with Gasteiger partial charge < -0.3 is 19.5 Å². The number of methoxy groups -OCH3 is 3. The topological polar surface area (TPSA) is 104 Å². The number of rotatable bonds is 4. The Balaban J connectivity index is 2.28. The van der Waals surface area contributed by atoms with Crippen molar-refractivity contribution in [3.05, 3.63) is 40.9 Å². The zero-order chi connectivity index (χ0) is 21.1. The van der Waals surface area contributed by atoms with Gasteiger partial charge in [-0.15, -0.1) is 11.3 Å². The van der Waals surface area contributed by atoms with Crippen molar-refractivity contribution in [1.82, 2.24) is 4.98 Å². The maximum atomic E-state index is 12.3. The van der Waals surface area contributed by atoms with E-state index in [1.54, 1.807) is 19.2 Å². The first kappa shape index (κ1) is 20.3. The SMILES string of the molecule is COC(=O)C(=O)Nc1c(C(=O)OC)sc2nc(C)cc(-c3ccc(OC)cc3)c12. The molecular formula is C20H18N2O6S. The minimum Gasteiger partial charge on any atom is -0.497 e. The number of amides is 1. The van der Waals surface area contributed by atoms with Crippen LogP contribution in [0.1, 0.15) is 15.4 Å². The van der Waals surface area contributed by atoms with E-state index in [4.69, 9.17) is 9.47 Å². The molecule has 3 rings (SSSR count). The molecule has 0 atom stereocenters. The molecule has 0 saturated carbocycles. The third-order valence-electron chi connectivity index (χ3n) is 4.17. The molecule has 2 heterocycles. The van der Waals surface area contributed by atoms with Gasteiger partial charge in [0, 0.05) is 11.1 Å². The fraction of sp³-hybridized carbons (Fsp3) is 0.200. The Hall–Kier alpha value is -3.46. The minimum absolute atomic E-state index is 0.132. The number of nitrogens with zero attached hydrogens (tertiary/aromatic N) is 1. The summed E-state index contributed by atoms with van der Waals surface area (Å²) in [6.45, 7) is 1.83. The number of nitrogens with one attached hydrogen (secondary N) is 1. The molecule has 8 nitrogen and oxygen atoms in total. The van der Waals surface area contributed by atoms with Crippen molar-refractivity contribution in [2.24, 2.45) is 0 Å². The van der Waals surface area contributed by atoms with E-state index in [1.165, 1.54) is 7.11 Å². The highest BCUT2D eigenvalue weighted by atomic mass is 32.1. The van der Waals surface area contributed by atoms with E-state index in [9.17, 15) is 14.4 Å². The van der Waals surface area contributed by atoms with E-state index in [2.05, 4.69) is 15.0 Å². The summed E-state index contributed by atoms with van der Waals surface area (Å²) in [5.74, 6) is -2.04. The molecule has 0 radical (unpaired) electrons. The lowest BCUT2D eigenvalue weighted by atomic mass is 10.0. The van der Waals surface area contributed by atoms with Gasteiger partial charge in [0.05, 0.1) is 27.0 Å². The van der Waals surface area contributed by atoms with Crippen LogP contribution in [0.25, 0.3) is 21.3 Å². The van der Waals surface area contributed by atoms with Crippen LogP contribution in [0.15, 0.2) is 30.3 Å². The molecule has 1 amide bonds. The van der Waals surface area contributed by atoms with Crippen LogP contribution in [0.3, 0.4) is 0 Å².